The molecule has 1 amide bonds. The molecule has 0 saturated carbocycles. The normalized spacial score (nSPS) is 13.2. The van der Waals surface area contributed by atoms with Crippen LogP contribution in [-0.2, 0) is 13.1 Å². The fourth-order valence-electron chi connectivity index (χ4n) is 2.99. The number of carbonyl (C=O) groups excluding carboxylic acids is 1. The van der Waals surface area contributed by atoms with Crippen molar-refractivity contribution < 1.29 is 13.9 Å². The Morgan fingerprint density at radius 3 is 2.62 bits per heavy atom. The maximum Gasteiger partial charge on any atom is 0.364 e. The summed E-state index contributed by atoms with van der Waals surface area (Å²) in [4.78, 5) is 30.5. The van der Waals surface area contributed by atoms with Crippen molar-refractivity contribution in [2.75, 3.05) is 12.0 Å². The number of benzene rings is 2. The predicted octanol–water partition coefficient (Wildman–Crippen LogP) is 2.23. The molecule has 1 aliphatic rings. The monoisotopic (exact) mass is 354 g/mol. The number of rotatable bonds is 4. The molecule has 2 heterocycles. The highest BCUT2D eigenvalue weighted by atomic mass is 19.1. The van der Waals surface area contributed by atoms with E-state index in [1.807, 2.05) is 0 Å². The minimum absolute atomic E-state index is 0.0613. The molecule has 26 heavy (non-hydrogen) atoms. The molecule has 132 valence electrons. The number of hydrogen-bond acceptors (Lipinski definition) is 4. The number of ether oxygens (including phenoxy) is 1. The van der Waals surface area contributed by atoms with Gasteiger partial charge in [-0.1, -0.05) is 12.1 Å². The quantitative estimate of drug-likeness (QED) is 0.720. The summed E-state index contributed by atoms with van der Waals surface area (Å²) in [5.74, 6) is 0.635. The third-order valence-electron chi connectivity index (χ3n) is 4.25. The van der Waals surface area contributed by atoms with Crippen LogP contribution in [0.5, 0.6) is 5.75 Å². The first-order valence-corrected chi connectivity index (χ1v) is 7.96. The van der Waals surface area contributed by atoms with E-state index in [4.69, 9.17) is 4.74 Å². The van der Waals surface area contributed by atoms with Crippen LogP contribution in [-0.4, -0.2) is 27.5 Å². The summed E-state index contributed by atoms with van der Waals surface area (Å²) >= 11 is 0. The highest BCUT2D eigenvalue weighted by molar-refractivity contribution is 5.95. The first kappa shape index (κ1) is 16.1. The molecule has 0 aliphatic carbocycles. The standard InChI is InChI=1S/C18H15FN4O3/c1-26-15-7-5-14(6-8-15)21-11-16-20-17(24)22(23(16)18(21)25)10-12-3-2-4-13(19)9-12/h2-9H,10-11H2,1H3. The summed E-state index contributed by atoms with van der Waals surface area (Å²) in [5, 5.41) is 0. The molecule has 4 rings (SSSR count). The zero-order valence-electron chi connectivity index (χ0n) is 13.9. The average Bonchev–Trinajstić information content (AvgIpc) is 3.11. The topological polar surface area (TPSA) is 69.4 Å². The van der Waals surface area contributed by atoms with Crippen LogP contribution in [0.4, 0.5) is 14.9 Å². The van der Waals surface area contributed by atoms with Crippen LogP contribution in [0.15, 0.2) is 53.3 Å². The van der Waals surface area contributed by atoms with Gasteiger partial charge in [0, 0.05) is 5.69 Å². The number of hydrogen-bond donors (Lipinski definition) is 0. The van der Waals surface area contributed by atoms with E-state index < -0.39 is 11.5 Å². The lowest BCUT2D eigenvalue weighted by molar-refractivity contribution is 0.244. The second-order valence-electron chi connectivity index (χ2n) is 5.88. The van der Waals surface area contributed by atoms with Gasteiger partial charge in [-0.05, 0) is 42.0 Å². The lowest BCUT2D eigenvalue weighted by Crippen LogP contribution is -2.34. The zero-order chi connectivity index (χ0) is 18.3. The molecule has 2 aromatic carbocycles. The van der Waals surface area contributed by atoms with Crippen molar-refractivity contribution in [3.8, 4) is 5.75 Å². The molecule has 0 bridgehead atoms. The van der Waals surface area contributed by atoms with Crippen LogP contribution in [0.2, 0.25) is 0 Å². The Labute approximate surface area is 147 Å². The first-order valence-electron chi connectivity index (χ1n) is 7.96. The minimum atomic E-state index is -0.535. The highest BCUT2D eigenvalue weighted by Gasteiger charge is 2.33. The predicted molar refractivity (Wildman–Crippen MR) is 92.0 cm³/mol. The summed E-state index contributed by atoms with van der Waals surface area (Å²) in [7, 11) is 1.57. The molecule has 7 nitrogen and oxygen atoms in total. The lowest BCUT2D eigenvalue weighted by atomic mass is 10.2. The van der Waals surface area contributed by atoms with Gasteiger partial charge in [0.1, 0.15) is 11.6 Å². The van der Waals surface area contributed by atoms with Crippen molar-refractivity contribution in [2.24, 2.45) is 0 Å². The number of fused-ring (bicyclic) bond motifs is 1. The van der Waals surface area contributed by atoms with E-state index >= 15 is 0 Å². The van der Waals surface area contributed by atoms with Crippen molar-refractivity contribution in [2.45, 2.75) is 13.1 Å². The first-order chi connectivity index (χ1) is 12.6. The van der Waals surface area contributed by atoms with E-state index in [1.165, 1.54) is 26.4 Å². The largest absolute Gasteiger partial charge is 0.497 e. The van der Waals surface area contributed by atoms with E-state index in [2.05, 4.69) is 4.98 Å². The molecule has 0 unspecified atom stereocenters. The van der Waals surface area contributed by atoms with Gasteiger partial charge >= 0.3 is 11.7 Å². The van der Waals surface area contributed by atoms with Gasteiger partial charge in [-0.3, -0.25) is 4.90 Å². The van der Waals surface area contributed by atoms with E-state index in [-0.39, 0.29) is 19.1 Å². The molecular formula is C18H15FN4O3. The number of nitrogens with zero attached hydrogens (tertiary/aromatic N) is 4. The van der Waals surface area contributed by atoms with Crippen LogP contribution in [0.25, 0.3) is 0 Å². The second-order valence-corrected chi connectivity index (χ2v) is 5.88. The van der Waals surface area contributed by atoms with Crippen molar-refractivity contribution in [1.82, 2.24) is 14.3 Å². The Hall–Kier alpha value is -3.42. The number of methoxy groups -OCH3 is 1. The molecule has 3 aromatic rings. The number of anilines is 1. The Bertz CT molecular complexity index is 1040. The van der Waals surface area contributed by atoms with Gasteiger partial charge in [-0.25, -0.2) is 18.7 Å². The molecule has 1 aliphatic heterocycles. The van der Waals surface area contributed by atoms with Crippen LogP contribution in [0.1, 0.15) is 11.4 Å². The molecular weight excluding hydrogens is 339 g/mol. The average molecular weight is 354 g/mol. The fourth-order valence-corrected chi connectivity index (χ4v) is 2.99. The molecule has 0 spiro atoms. The van der Waals surface area contributed by atoms with Gasteiger partial charge in [0.25, 0.3) is 0 Å². The van der Waals surface area contributed by atoms with Gasteiger partial charge in [-0.15, -0.1) is 0 Å². The van der Waals surface area contributed by atoms with Gasteiger partial charge < -0.3 is 4.74 Å². The highest BCUT2D eigenvalue weighted by Crippen LogP contribution is 2.25. The van der Waals surface area contributed by atoms with Crippen molar-refractivity contribution >= 4 is 11.7 Å². The molecule has 0 fully saturated rings. The smallest absolute Gasteiger partial charge is 0.364 e. The number of halogens is 1. The summed E-state index contributed by atoms with van der Waals surface area (Å²) in [6.45, 7) is 0.252. The summed E-state index contributed by atoms with van der Waals surface area (Å²) < 4.78 is 21.0. The van der Waals surface area contributed by atoms with Gasteiger partial charge in [0.15, 0.2) is 5.82 Å². The third kappa shape index (κ3) is 2.65. The van der Waals surface area contributed by atoms with E-state index in [1.54, 1.807) is 43.5 Å². The number of aromatic nitrogens is 3. The Kier molecular flexibility index (Phi) is 3.80. The maximum atomic E-state index is 13.4. The third-order valence-corrected chi connectivity index (χ3v) is 4.25. The summed E-state index contributed by atoms with van der Waals surface area (Å²) in [6, 6.07) is 12.6. The fraction of sp³-hybridized carbons (Fsp3) is 0.167. The Balaban J connectivity index is 1.67. The SMILES string of the molecule is COc1ccc(N2Cc3nc(=O)n(Cc4cccc(F)c4)n3C2=O)cc1. The van der Waals surface area contributed by atoms with Crippen LogP contribution >= 0.6 is 0 Å². The summed E-state index contributed by atoms with van der Waals surface area (Å²) in [6.07, 6.45) is 0. The van der Waals surface area contributed by atoms with Crippen molar-refractivity contribution in [3.63, 3.8) is 0 Å². The lowest BCUT2D eigenvalue weighted by Gasteiger charge is -2.16. The number of amides is 1. The molecule has 0 radical (unpaired) electrons. The van der Waals surface area contributed by atoms with Crippen molar-refractivity contribution in [1.29, 1.82) is 0 Å². The molecule has 1 aromatic heterocycles. The number of carbonyl (C=O) groups is 1. The molecule has 0 atom stereocenters. The van der Waals surface area contributed by atoms with Gasteiger partial charge in [0.05, 0.1) is 20.2 Å². The van der Waals surface area contributed by atoms with E-state index in [9.17, 15) is 14.0 Å². The molecule has 0 N–H and O–H groups in total. The zero-order valence-corrected chi connectivity index (χ0v) is 13.9. The van der Waals surface area contributed by atoms with E-state index in [0.29, 0.717) is 22.8 Å². The van der Waals surface area contributed by atoms with Crippen molar-refractivity contribution in [3.05, 3.63) is 76.2 Å². The van der Waals surface area contributed by atoms with Gasteiger partial charge in [0.2, 0.25) is 0 Å². The van der Waals surface area contributed by atoms with Crippen LogP contribution < -0.4 is 15.3 Å². The Morgan fingerprint density at radius 1 is 1.15 bits per heavy atom. The Morgan fingerprint density at radius 2 is 1.92 bits per heavy atom. The second kappa shape index (κ2) is 6.14. The maximum absolute atomic E-state index is 13.4. The van der Waals surface area contributed by atoms with Gasteiger partial charge in [-0.2, -0.15) is 9.67 Å². The molecule has 0 saturated heterocycles. The molecule has 8 heteroatoms. The van der Waals surface area contributed by atoms with Crippen LogP contribution in [0.3, 0.4) is 0 Å². The van der Waals surface area contributed by atoms with Crippen LogP contribution in [0, 0.1) is 5.82 Å². The minimum Gasteiger partial charge on any atom is -0.497 e. The summed E-state index contributed by atoms with van der Waals surface area (Å²) in [5.41, 5.74) is 0.712. The van der Waals surface area contributed by atoms with E-state index in [0.717, 1.165) is 0 Å².